The number of hydrogen-bond acceptors (Lipinski definition) is 7. The van der Waals surface area contributed by atoms with Crippen LogP contribution in [0.25, 0.3) is 23.0 Å². The number of nitrogens with zero attached hydrogens (tertiary/aromatic N) is 2. The normalized spacial score (nSPS) is 12.4. The number of hydrogen-bond donors (Lipinski definition) is 1. The quantitative estimate of drug-likeness (QED) is 0.299. The van der Waals surface area contributed by atoms with Crippen LogP contribution < -0.4 is 14.8 Å². The van der Waals surface area contributed by atoms with Crippen molar-refractivity contribution in [2.24, 2.45) is 0 Å². The van der Waals surface area contributed by atoms with Crippen molar-refractivity contribution in [3.63, 3.8) is 0 Å². The lowest BCUT2D eigenvalue weighted by molar-refractivity contribution is -0.143. The van der Waals surface area contributed by atoms with E-state index in [1.807, 2.05) is 54.7 Å². The summed E-state index contributed by atoms with van der Waals surface area (Å²) in [5.74, 6) is 0.851. The Labute approximate surface area is 206 Å². The molecule has 2 aromatic heterocycles. The van der Waals surface area contributed by atoms with Crippen LogP contribution in [-0.2, 0) is 20.9 Å². The van der Waals surface area contributed by atoms with Gasteiger partial charge < -0.3 is 23.9 Å². The molecule has 1 aliphatic rings. The maximum absolute atomic E-state index is 12.3. The first-order valence-electron chi connectivity index (χ1n) is 11.3. The maximum atomic E-state index is 12.3. The van der Waals surface area contributed by atoms with Crippen molar-refractivity contribution in [1.82, 2.24) is 15.1 Å². The van der Waals surface area contributed by atoms with E-state index in [1.54, 1.807) is 22.9 Å². The van der Waals surface area contributed by atoms with E-state index in [-0.39, 0.29) is 6.54 Å². The minimum Gasteiger partial charge on any atom is -0.486 e. The standard InChI is InChI=1S/C27H23N3O6/c31-25(28-16-22-7-4-12-33-22)18-36-26(32)11-9-20-17-30(21-5-2-1-3-6-21)29-27(20)19-8-10-23-24(15-19)35-14-13-34-23/h1-12,15,17H,13-14,16,18H2,(H,28,31). The summed E-state index contributed by atoms with van der Waals surface area (Å²) >= 11 is 0. The number of aromatic nitrogens is 2. The van der Waals surface area contributed by atoms with Gasteiger partial charge in [0, 0.05) is 23.4 Å². The van der Waals surface area contributed by atoms with Crippen LogP contribution >= 0.6 is 0 Å². The first-order chi connectivity index (χ1) is 17.7. The number of carbonyl (C=O) groups is 2. The van der Waals surface area contributed by atoms with Crippen molar-refractivity contribution in [2.45, 2.75) is 6.54 Å². The van der Waals surface area contributed by atoms with E-state index >= 15 is 0 Å². The van der Waals surface area contributed by atoms with Gasteiger partial charge in [-0.15, -0.1) is 0 Å². The molecular weight excluding hydrogens is 462 g/mol. The van der Waals surface area contributed by atoms with Gasteiger partial charge in [0.25, 0.3) is 5.91 Å². The Morgan fingerprint density at radius 2 is 1.86 bits per heavy atom. The molecule has 182 valence electrons. The molecule has 0 saturated carbocycles. The number of furan rings is 1. The second-order valence-electron chi connectivity index (χ2n) is 7.87. The second-order valence-corrected chi connectivity index (χ2v) is 7.87. The zero-order valence-electron chi connectivity index (χ0n) is 19.3. The predicted molar refractivity (Wildman–Crippen MR) is 131 cm³/mol. The van der Waals surface area contributed by atoms with Gasteiger partial charge in [0.1, 0.15) is 24.7 Å². The van der Waals surface area contributed by atoms with Gasteiger partial charge in [-0.3, -0.25) is 4.79 Å². The van der Waals surface area contributed by atoms with Crippen molar-refractivity contribution < 1.29 is 28.2 Å². The van der Waals surface area contributed by atoms with E-state index in [4.69, 9.17) is 23.7 Å². The number of benzene rings is 2. The minimum absolute atomic E-state index is 0.219. The van der Waals surface area contributed by atoms with E-state index < -0.39 is 18.5 Å². The molecule has 3 heterocycles. The Balaban J connectivity index is 1.32. The van der Waals surface area contributed by atoms with E-state index in [0.717, 1.165) is 11.3 Å². The van der Waals surface area contributed by atoms with Crippen LogP contribution in [0.5, 0.6) is 11.5 Å². The summed E-state index contributed by atoms with van der Waals surface area (Å²) in [5, 5.41) is 7.37. The molecule has 1 N–H and O–H groups in total. The molecule has 4 aromatic rings. The molecule has 0 saturated heterocycles. The van der Waals surface area contributed by atoms with Crippen molar-refractivity contribution in [3.05, 3.63) is 90.5 Å². The molecule has 0 radical (unpaired) electrons. The van der Waals surface area contributed by atoms with Crippen LogP contribution in [-0.4, -0.2) is 41.5 Å². The van der Waals surface area contributed by atoms with Crippen LogP contribution in [0.1, 0.15) is 11.3 Å². The summed E-state index contributed by atoms with van der Waals surface area (Å²) < 4.78 is 23.3. The van der Waals surface area contributed by atoms with E-state index in [2.05, 4.69) is 5.32 Å². The molecule has 0 spiro atoms. The smallest absolute Gasteiger partial charge is 0.331 e. The molecule has 0 aliphatic carbocycles. The van der Waals surface area contributed by atoms with E-state index in [9.17, 15) is 9.59 Å². The summed E-state index contributed by atoms with van der Waals surface area (Å²) in [6.07, 6.45) is 6.22. The predicted octanol–water partition coefficient (Wildman–Crippen LogP) is 3.78. The summed E-state index contributed by atoms with van der Waals surface area (Å²) in [6, 6.07) is 18.7. The number of para-hydroxylation sites is 1. The van der Waals surface area contributed by atoms with Crippen molar-refractivity contribution in [2.75, 3.05) is 19.8 Å². The summed E-state index contributed by atoms with van der Waals surface area (Å²) in [4.78, 5) is 24.2. The van der Waals surface area contributed by atoms with Gasteiger partial charge in [-0.25, -0.2) is 9.48 Å². The average Bonchev–Trinajstić information content (AvgIpc) is 3.60. The topological polar surface area (TPSA) is 105 Å². The Bertz CT molecular complexity index is 1380. The highest BCUT2D eigenvalue weighted by Gasteiger charge is 2.17. The fourth-order valence-electron chi connectivity index (χ4n) is 3.63. The van der Waals surface area contributed by atoms with Gasteiger partial charge in [-0.2, -0.15) is 5.10 Å². The van der Waals surface area contributed by atoms with Gasteiger partial charge in [0.05, 0.1) is 18.5 Å². The first-order valence-corrected chi connectivity index (χ1v) is 11.3. The number of esters is 1. The van der Waals surface area contributed by atoms with Crippen LogP contribution in [0.4, 0.5) is 0 Å². The molecule has 0 fully saturated rings. The third kappa shape index (κ3) is 5.47. The molecule has 2 aromatic carbocycles. The van der Waals surface area contributed by atoms with Crippen LogP contribution in [0.3, 0.4) is 0 Å². The van der Waals surface area contributed by atoms with Gasteiger partial charge in [-0.1, -0.05) is 18.2 Å². The highest BCUT2D eigenvalue weighted by Crippen LogP contribution is 2.35. The second kappa shape index (κ2) is 10.6. The SMILES string of the molecule is O=C(COC(=O)C=Cc1cn(-c2ccccc2)nc1-c1ccc2c(c1)OCCO2)NCc1ccco1. The number of amides is 1. The van der Waals surface area contributed by atoms with Crippen molar-refractivity contribution in [3.8, 4) is 28.4 Å². The van der Waals surface area contributed by atoms with E-state index in [1.165, 1.54) is 12.3 Å². The summed E-state index contributed by atoms with van der Waals surface area (Å²) in [6.45, 7) is 0.799. The number of ether oxygens (including phenoxy) is 3. The van der Waals surface area contributed by atoms with Gasteiger partial charge >= 0.3 is 5.97 Å². The molecule has 9 nitrogen and oxygen atoms in total. The number of fused-ring (bicyclic) bond motifs is 1. The fraction of sp³-hybridized carbons (Fsp3) is 0.148. The number of nitrogens with one attached hydrogen (secondary N) is 1. The lowest BCUT2D eigenvalue weighted by Crippen LogP contribution is -2.27. The van der Waals surface area contributed by atoms with Gasteiger partial charge in [0.2, 0.25) is 0 Å². The lowest BCUT2D eigenvalue weighted by Gasteiger charge is -2.18. The Kier molecular flexibility index (Phi) is 6.79. The van der Waals surface area contributed by atoms with Crippen LogP contribution in [0, 0.1) is 0 Å². The molecule has 36 heavy (non-hydrogen) atoms. The molecule has 0 atom stereocenters. The molecule has 1 aliphatic heterocycles. The largest absolute Gasteiger partial charge is 0.486 e. The average molecular weight is 485 g/mol. The molecule has 0 unspecified atom stereocenters. The first kappa shape index (κ1) is 23.0. The highest BCUT2D eigenvalue weighted by atomic mass is 16.6. The van der Waals surface area contributed by atoms with Gasteiger partial charge in [0.15, 0.2) is 18.1 Å². The Hall–Kier alpha value is -4.79. The van der Waals surface area contributed by atoms with Gasteiger partial charge in [-0.05, 0) is 48.5 Å². The minimum atomic E-state index is -0.649. The summed E-state index contributed by atoms with van der Waals surface area (Å²) in [5.41, 5.74) is 3.01. The summed E-state index contributed by atoms with van der Waals surface area (Å²) in [7, 11) is 0. The molecule has 9 heteroatoms. The molecule has 0 bridgehead atoms. The zero-order chi connectivity index (χ0) is 24.7. The maximum Gasteiger partial charge on any atom is 0.331 e. The third-order valence-electron chi connectivity index (χ3n) is 5.36. The molecular formula is C27H23N3O6. The van der Waals surface area contributed by atoms with E-state index in [0.29, 0.717) is 41.7 Å². The Morgan fingerprint density at radius 3 is 2.67 bits per heavy atom. The highest BCUT2D eigenvalue weighted by molar-refractivity contribution is 5.90. The third-order valence-corrected chi connectivity index (χ3v) is 5.36. The molecule has 1 amide bonds. The van der Waals surface area contributed by atoms with Crippen LogP contribution in [0.2, 0.25) is 0 Å². The lowest BCUT2D eigenvalue weighted by atomic mass is 10.1. The zero-order valence-corrected chi connectivity index (χ0v) is 19.3. The molecule has 5 rings (SSSR count). The monoisotopic (exact) mass is 485 g/mol. The fourth-order valence-corrected chi connectivity index (χ4v) is 3.63. The number of carbonyl (C=O) groups excluding carboxylic acids is 2. The van der Waals surface area contributed by atoms with Crippen molar-refractivity contribution in [1.29, 1.82) is 0 Å². The van der Waals surface area contributed by atoms with Crippen molar-refractivity contribution >= 4 is 18.0 Å². The number of rotatable bonds is 8. The van der Waals surface area contributed by atoms with Crippen LogP contribution in [0.15, 0.2) is 83.6 Å². The Morgan fingerprint density at radius 1 is 1.03 bits per heavy atom.